The molecule has 120 valence electrons. The van der Waals surface area contributed by atoms with E-state index in [-0.39, 0.29) is 12.1 Å². The van der Waals surface area contributed by atoms with Crippen LogP contribution in [-0.2, 0) is 7.05 Å². The van der Waals surface area contributed by atoms with E-state index in [1.807, 2.05) is 13.2 Å². The van der Waals surface area contributed by atoms with Gasteiger partial charge in [0.2, 0.25) is 0 Å². The van der Waals surface area contributed by atoms with Gasteiger partial charge in [0, 0.05) is 25.5 Å². The van der Waals surface area contributed by atoms with E-state index >= 15 is 0 Å². The third-order valence-corrected chi connectivity index (χ3v) is 4.13. The SMILES string of the molecule is Cn1cc(C#Cc2cnc(Cl)cc2N[C@@H]2CCC[C@H](O)C2)cn1. The monoisotopic (exact) mass is 330 g/mol. The summed E-state index contributed by atoms with van der Waals surface area (Å²) in [5.74, 6) is 6.20. The van der Waals surface area contributed by atoms with Crippen LogP contribution in [0.3, 0.4) is 0 Å². The number of aryl methyl sites for hydroxylation is 1. The number of nitrogens with one attached hydrogen (secondary N) is 1. The zero-order valence-corrected chi connectivity index (χ0v) is 13.7. The van der Waals surface area contributed by atoms with Gasteiger partial charge in [-0.25, -0.2) is 4.98 Å². The first-order chi connectivity index (χ1) is 11.1. The summed E-state index contributed by atoms with van der Waals surface area (Å²) >= 11 is 6.02. The predicted octanol–water partition coefficient (Wildman–Crippen LogP) is 2.58. The van der Waals surface area contributed by atoms with E-state index in [2.05, 4.69) is 27.2 Å². The van der Waals surface area contributed by atoms with Crippen LogP contribution in [0.2, 0.25) is 5.15 Å². The molecule has 1 aliphatic rings. The summed E-state index contributed by atoms with van der Waals surface area (Å²) < 4.78 is 1.71. The van der Waals surface area contributed by atoms with Crippen LogP contribution < -0.4 is 5.32 Å². The number of rotatable bonds is 2. The molecule has 1 aliphatic carbocycles. The van der Waals surface area contributed by atoms with Crippen molar-refractivity contribution in [3.63, 3.8) is 0 Å². The van der Waals surface area contributed by atoms with Crippen molar-refractivity contribution >= 4 is 17.3 Å². The second kappa shape index (κ2) is 7.03. The van der Waals surface area contributed by atoms with Crippen LogP contribution in [-0.4, -0.2) is 32.0 Å². The quantitative estimate of drug-likeness (QED) is 0.656. The number of nitrogens with zero attached hydrogens (tertiary/aromatic N) is 3. The van der Waals surface area contributed by atoms with E-state index in [0.717, 1.165) is 42.5 Å². The van der Waals surface area contributed by atoms with Gasteiger partial charge >= 0.3 is 0 Å². The predicted molar refractivity (Wildman–Crippen MR) is 90.3 cm³/mol. The lowest BCUT2D eigenvalue weighted by atomic mass is 9.93. The number of hydrogen-bond donors (Lipinski definition) is 2. The minimum Gasteiger partial charge on any atom is -0.393 e. The maximum atomic E-state index is 9.82. The van der Waals surface area contributed by atoms with Crippen LogP contribution in [0.25, 0.3) is 0 Å². The Morgan fingerprint density at radius 2 is 2.22 bits per heavy atom. The summed E-state index contributed by atoms with van der Waals surface area (Å²) in [4.78, 5) is 4.12. The highest BCUT2D eigenvalue weighted by Crippen LogP contribution is 2.25. The molecule has 2 aromatic rings. The molecular weight excluding hydrogens is 312 g/mol. The number of aliphatic hydroxyl groups excluding tert-OH is 1. The summed E-state index contributed by atoms with van der Waals surface area (Å²) in [6.45, 7) is 0. The number of halogens is 1. The van der Waals surface area contributed by atoms with Gasteiger partial charge in [-0.05, 0) is 31.7 Å². The molecule has 3 rings (SSSR count). The number of aromatic nitrogens is 3. The summed E-state index contributed by atoms with van der Waals surface area (Å²) in [5.41, 5.74) is 2.50. The Balaban J connectivity index is 1.81. The van der Waals surface area contributed by atoms with Crippen molar-refractivity contribution < 1.29 is 5.11 Å². The fourth-order valence-electron chi connectivity index (χ4n) is 2.79. The first-order valence-corrected chi connectivity index (χ1v) is 8.09. The topological polar surface area (TPSA) is 63.0 Å². The number of aliphatic hydroxyl groups is 1. The Bertz CT molecular complexity index is 747. The lowest BCUT2D eigenvalue weighted by Crippen LogP contribution is -2.30. The van der Waals surface area contributed by atoms with Gasteiger partial charge in [0.15, 0.2) is 0 Å². The molecule has 0 radical (unpaired) electrons. The Kier molecular flexibility index (Phi) is 4.85. The number of hydrogen-bond acceptors (Lipinski definition) is 4. The van der Waals surface area contributed by atoms with Crippen molar-refractivity contribution in [2.45, 2.75) is 37.8 Å². The highest BCUT2D eigenvalue weighted by molar-refractivity contribution is 6.29. The maximum absolute atomic E-state index is 9.82. The van der Waals surface area contributed by atoms with Crippen molar-refractivity contribution in [1.29, 1.82) is 0 Å². The zero-order chi connectivity index (χ0) is 16.2. The molecule has 0 unspecified atom stereocenters. The standard InChI is InChI=1S/C17H19ClN4O/c1-22-11-12(9-20-22)5-6-13-10-19-17(18)8-16(13)21-14-3-2-4-15(23)7-14/h8-11,14-15,23H,2-4,7H2,1H3,(H,19,21)/t14-,15+/m1/s1. The molecule has 0 bridgehead atoms. The smallest absolute Gasteiger partial charge is 0.131 e. The summed E-state index contributed by atoms with van der Waals surface area (Å²) in [6.07, 6.45) is 8.71. The van der Waals surface area contributed by atoms with Crippen molar-refractivity contribution in [3.05, 3.63) is 40.9 Å². The average Bonchev–Trinajstić information content (AvgIpc) is 2.92. The van der Waals surface area contributed by atoms with Crippen molar-refractivity contribution in [2.24, 2.45) is 7.05 Å². The molecule has 2 aromatic heterocycles. The number of anilines is 1. The highest BCUT2D eigenvalue weighted by atomic mass is 35.5. The number of pyridine rings is 1. The third kappa shape index (κ3) is 4.25. The Morgan fingerprint density at radius 3 is 2.96 bits per heavy atom. The van der Waals surface area contributed by atoms with Gasteiger partial charge in [-0.1, -0.05) is 23.4 Å². The molecule has 0 aromatic carbocycles. The van der Waals surface area contributed by atoms with Crippen molar-refractivity contribution in [1.82, 2.24) is 14.8 Å². The molecule has 0 spiro atoms. The van der Waals surface area contributed by atoms with Gasteiger partial charge in [-0.2, -0.15) is 5.10 Å². The van der Waals surface area contributed by atoms with Gasteiger partial charge < -0.3 is 10.4 Å². The van der Waals surface area contributed by atoms with Crippen molar-refractivity contribution in [3.8, 4) is 11.8 Å². The second-order valence-corrected chi connectivity index (χ2v) is 6.25. The third-order valence-electron chi connectivity index (χ3n) is 3.92. The van der Waals surface area contributed by atoms with Gasteiger partial charge in [-0.3, -0.25) is 4.68 Å². The molecule has 0 saturated heterocycles. The fraction of sp³-hybridized carbons (Fsp3) is 0.412. The molecule has 23 heavy (non-hydrogen) atoms. The first-order valence-electron chi connectivity index (χ1n) is 7.71. The molecule has 2 N–H and O–H groups in total. The van der Waals surface area contributed by atoms with Crippen molar-refractivity contribution in [2.75, 3.05) is 5.32 Å². The molecule has 0 amide bonds. The van der Waals surface area contributed by atoms with E-state index in [9.17, 15) is 5.11 Å². The fourth-order valence-corrected chi connectivity index (χ4v) is 2.95. The Hall–Kier alpha value is -2.03. The molecule has 2 heterocycles. The summed E-state index contributed by atoms with van der Waals surface area (Å²) in [7, 11) is 1.86. The lowest BCUT2D eigenvalue weighted by molar-refractivity contribution is 0.124. The van der Waals surface area contributed by atoms with Gasteiger partial charge in [0.05, 0.1) is 29.1 Å². The Labute approximate surface area is 140 Å². The van der Waals surface area contributed by atoms with E-state index in [4.69, 9.17) is 11.6 Å². The molecular formula is C17H19ClN4O. The first kappa shape index (κ1) is 15.9. The lowest BCUT2D eigenvalue weighted by Gasteiger charge is -2.27. The zero-order valence-electron chi connectivity index (χ0n) is 13.0. The van der Waals surface area contributed by atoms with Gasteiger partial charge in [-0.15, -0.1) is 0 Å². The van der Waals surface area contributed by atoms with E-state index in [1.54, 1.807) is 23.1 Å². The molecule has 2 atom stereocenters. The van der Waals surface area contributed by atoms with Crippen LogP contribution >= 0.6 is 11.6 Å². The minimum absolute atomic E-state index is 0.233. The summed E-state index contributed by atoms with van der Waals surface area (Å²) in [6, 6.07) is 2.02. The maximum Gasteiger partial charge on any atom is 0.131 e. The summed E-state index contributed by atoms with van der Waals surface area (Å²) in [5, 5.41) is 17.8. The van der Waals surface area contributed by atoms with E-state index in [0.29, 0.717) is 5.15 Å². The highest BCUT2D eigenvalue weighted by Gasteiger charge is 2.20. The molecule has 0 aliphatic heterocycles. The molecule has 1 fully saturated rings. The molecule has 1 saturated carbocycles. The van der Waals surface area contributed by atoms with Gasteiger partial charge in [0.1, 0.15) is 5.15 Å². The van der Waals surface area contributed by atoms with Crippen LogP contribution in [0.5, 0.6) is 0 Å². The van der Waals surface area contributed by atoms with Crippen LogP contribution in [0.15, 0.2) is 24.7 Å². The normalized spacial score (nSPS) is 20.7. The van der Waals surface area contributed by atoms with Gasteiger partial charge in [0.25, 0.3) is 0 Å². The molecule has 5 nitrogen and oxygen atoms in total. The second-order valence-electron chi connectivity index (χ2n) is 5.87. The average molecular weight is 331 g/mol. The minimum atomic E-state index is -0.233. The van der Waals surface area contributed by atoms with E-state index in [1.165, 1.54) is 0 Å². The van der Waals surface area contributed by atoms with Crippen LogP contribution in [0, 0.1) is 11.8 Å². The largest absolute Gasteiger partial charge is 0.393 e. The molecule has 6 heteroatoms. The Morgan fingerprint density at radius 1 is 1.35 bits per heavy atom. The van der Waals surface area contributed by atoms with Crippen LogP contribution in [0.4, 0.5) is 5.69 Å². The van der Waals surface area contributed by atoms with Crippen LogP contribution in [0.1, 0.15) is 36.8 Å². The van der Waals surface area contributed by atoms with E-state index < -0.39 is 0 Å².